The third-order valence-corrected chi connectivity index (χ3v) is 5.43. The highest BCUT2D eigenvalue weighted by molar-refractivity contribution is 6.02. The van der Waals surface area contributed by atoms with Crippen LogP contribution >= 0.6 is 0 Å². The Hall–Kier alpha value is -4.32. The zero-order chi connectivity index (χ0) is 23.9. The Balaban J connectivity index is 1.72. The maximum absolute atomic E-state index is 5.52. The minimum absolute atomic E-state index is 0.645. The first-order valence-corrected chi connectivity index (χ1v) is 10.7. The lowest BCUT2D eigenvalue weighted by molar-refractivity contribution is 0.354. The van der Waals surface area contributed by atoms with Gasteiger partial charge in [0.1, 0.15) is 0 Å². The minimum Gasteiger partial charge on any atom is -0.493 e. The van der Waals surface area contributed by atoms with Gasteiger partial charge in [-0.1, -0.05) is 36.4 Å². The van der Waals surface area contributed by atoms with Crippen molar-refractivity contribution in [3.05, 3.63) is 83.9 Å². The largest absolute Gasteiger partial charge is 0.493 e. The summed E-state index contributed by atoms with van der Waals surface area (Å²) < 4.78 is 21.8. The molecule has 0 fully saturated rings. The zero-order valence-electron chi connectivity index (χ0n) is 19.6. The van der Waals surface area contributed by atoms with Crippen LogP contribution < -0.4 is 18.9 Å². The molecule has 34 heavy (non-hydrogen) atoms. The molecule has 4 aromatic rings. The monoisotopic (exact) mass is 454 g/mol. The van der Waals surface area contributed by atoms with Crippen LogP contribution in [0.5, 0.6) is 23.0 Å². The molecule has 0 saturated carbocycles. The second-order valence-corrected chi connectivity index (χ2v) is 7.33. The molecule has 0 unspecified atom stereocenters. The van der Waals surface area contributed by atoms with E-state index in [1.807, 2.05) is 72.8 Å². The van der Waals surface area contributed by atoms with Gasteiger partial charge in [0, 0.05) is 34.3 Å². The van der Waals surface area contributed by atoms with Gasteiger partial charge in [-0.2, -0.15) is 0 Å². The van der Waals surface area contributed by atoms with Crippen LogP contribution in [0.25, 0.3) is 10.8 Å². The molecule has 0 bridgehead atoms. The van der Waals surface area contributed by atoms with Crippen molar-refractivity contribution < 1.29 is 18.9 Å². The Morgan fingerprint density at radius 3 is 1.29 bits per heavy atom. The maximum atomic E-state index is 5.52. The Morgan fingerprint density at radius 2 is 0.912 bits per heavy atom. The summed E-state index contributed by atoms with van der Waals surface area (Å²) in [7, 11) is 6.47. The summed E-state index contributed by atoms with van der Waals surface area (Å²) in [5, 5.41) is 1.99. The van der Waals surface area contributed by atoms with Gasteiger partial charge in [-0.25, -0.2) is 0 Å². The molecule has 0 amide bonds. The number of aliphatic imine (C=N–C) groups is 2. The molecule has 4 aromatic carbocycles. The van der Waals surface area contributed by atoms with Gasteiger partial charge in [0.05, 0.1) is 39.8 Å². The molecule has 6 nitrogen and oxygen atoms in total. The van der Waals surface area contributed by atoms with Gasteiger partial charge in [0.2, 0.25) is 0 Å². The number of benzene rings is 4. The fourth-order valence-electron chi connectivity index (χ4n) is 3.81. The van der Waals surface area contributed by atoms with Crippen LogP contribution in [0, 0.1) is 0 Å². The van der Waals surface area contributed by atoms with E-state index in [1.165, 1.54) is 0 Å². The molecule has 0 heterocycles. The van der Waals surface area contributed by atoms with E-state index in [0.717, 1.165) is 33.3 Å². The number of rotatable bonds is 8. The van der Waals surface area contributed by atoms with Crippen molar-refractivity contribution in [2.75, 3.05) is 28.4 Å². The smallest absolute Gasteiger partial charge is 0.169 e. The first-order chi connectivity index (χ1) is 16.7. The van der Waals surface area contributed by atoms with Crippen molar-refractivity contribution in [3.8, 4) is 23.0 Å². The lowest BCUT2D eigenvalue weighted by Gasteiger charge is -2.10. The molecule has 0 aromatic heterocycles. The quantitative estimate of drug-likeness (QED) is 0.290. The van der Waals surface area contributed by atoms with Crippen molar-refractivity contribution in [2.45, 2.75) is 0 Å². The number of fused-ring (bicyclic) bond motifs is 1. The summed E-state index contributed by atoms with van der Waals surface area (Å²) in [6.45, 7) is 0. The summed E-state index contributed by atoms with van der Waals surface area (Å²) in [5.74, 6) is 2.61. The van der Waals surface area contributed by atoms with E-state index in [4.69, 9.17) is 28.9 Å². The first kappa shape index (κ1) is 22.9. The lowest BCUT2D eigenvalue weighted by atomic mass is 10.1. The SMILES string of the molecule is COc1cccc(C=Nc2cccc3c(N=Cc4cccc(OC)c4OC)cccc23)c1OC. The number of nitrogens with zero attached hydrogens (tertiary/aromatic N) is 2. The van der Waals surface area contributed by atoms with E-state index in [1.54, 1.807) is 40.9 Å². The van der Waals surface area contributed by atoms with E-state index >= 15 is 0 Å². The molecule has 4 rings (SSSR count). The fourth-order valence-corrected chi connectivity index (χ4v) is 3.81. The summed E-state index contributed by atoms with van der Waals surface area (Å²) >= 11 is 0. The van der Waals surface area contributed by atoms with Gasteiger partial charge in [-0.05, 0) is 36.4 Å². The maximum Gasteiger partial charge on any atom is 0.169 e. The van der Waals surface area contributed by atoms with Gasteiger partial charge in [-0.15, -0.1) is 0 Å². The molecule has 6 heteroatoms. The number of ether oxygens (including phenoxy) is 4. The molecule has 0 spiro atoms. The molecule has 0 aliphatic rings. The number of hydrogen-bond donors (Lipinski definition) is 0. The highest BCUT2D eigenvalue weighted by Gasteiger charge is 2.10. The Labute approximate surface area is 199 Å². The zero-order valence-corrected chi connectivity index (χ0v) is 19.6. The minimum atomic E-state index is 0.645. The Kier molecular flexibility index (Phi) is 7.08. The molecule has 0 aliphatic carbocycles. The fraction of sp³-hybridized carbons (Fsp3) is 0.143. The molecule has 172 valence electrons. The normalized spacial score (nSPS) is 11.3. The van der Waals surface area contributed by atoms with Crippen molar-refractivity contribution in [1.29, 1.82) is 0 Å². The standard InChI is InChI=1S/C28H26N2O4/c1-31-25-15-5-9-19(27(25)33-3)17-29-23-13-7-12-22-21(23)11-8-14-24(22)30-18-20-10-6-16-26(32-2)28(20)34-4/h5-18H,1-4H3. The van der Waals surface area contributed by atoms with Crippen molar-refractivity contribution in [3.63, 3.8) is 0 Å². The topological polar surface area (TPSA) is 61.6 Å². The molecule has 0 saturated heterocycles. The van der Waals surface area contributed by atoms with Gasteiger partial charge in [0.25, 0.3) is 0 Å². The molecular formula is C28H26N2O4. The van der Waals surface area contributed by atoms with Crippen molar-refractivity contribution in [1.82, 2.24) is 0 Å². The van der Waals surface area contributed by atoms with Crippen LogP contribution in [-0.4, -0.2) is 40.9 Å². The number of methoxy groups -OCH3 is 4. The third-order valence-electron chi connectivity index (χ3n) is 5.43. The van der Waals surface area contributed by atoms with Gasteiger partial charge in [-0.3, -0.25) is 9.98 Å². The average Bonchev–Trinajstić information content (AvgIpc) is 2.89. The molecule has 0 N–H and O–H groups in total. The third kappa shape index (κ3) is 4.57. The summed E-state index contributed by atoms with van der Waals surface area (Å²) in [5.41, 5.74) is 3.33. The van der Waals surface area contributed by atoms with Gasteiger partial charge in [0.15, 0.2) is 23.0 Å². The highest BCUT2D eigenvalue weighted by Crippen LogP contribution is 2.35. The number of para-hydroxylation sites is 2. The Morgan fingerprint density at radius 1 is 0.500 bits per heavy atom. The van der Waals surface area contributed by atoms with Crippen LogP contribution in [-0.2, 0) is 0 Å². The summed E-state index contributed by atoms with van der Waals surface area (Å²) in [6, 6.07) is 23.4. The van der Waals surface area contributed by atoms with E-state index in [2.05, 4.69) is 0 Å². The average molecular weight is 455 g/mol. The van der Waals surface area contributed by atoms with Gasteiger partial charge < -0.3 is 18.9 Å². The van der Waals surface area contributed by atoms with Crippen LogP contribution in [0.4, 0.5) is 11.4 Å². The summed E-state index contributed by atoms with van der Waals surface area (Å²) in [6.07, 6.45) is 3.57. The second kappa shape index (κ2) is 10.5. The summed E-state index contributed by atoms with van der Waals surface area (Å²) in [4.78, 5) is 9.50. The lowest BCUT2D eigenvalue weighted by Crippen LogP contribution is -1.95. The second-order valence-electron chi connectivity index (χ2n) is 7.33. The van der Waals surface area contributed by atoms with Crippen LogP contribution in [0.2, 0.25) is 0 Å². The number of hydrogen-bond acceptors (Lipinski definition) is 6. The predicted molar refractivity (Wildman–Crippen MR) is 138 cm³/mol. The van der Waals surface area contributed by atoms with Crippen molar-refractivity contribution in [2.24, 2.45) is 9.98 Å². The molecular weight excluding hydrogens is 428 g/mol. The van der Waals surface area contributed by atoms with Crippen LogP contribution in [0.1, 0.15) is 11.1 Å². The predicted octanol–water partition coefficient (Wildman–Crippen LogP) is 6.38. The Bertz CT molecular complexity index is 1260. The highest BCUT2D eigenvalue weighted by atomic mass is 16.5. The van der Waals surface area contributed by atoms with E-state index < -0.39 is 0 Å². The molecule has 0 atom stereocenters. The van der Waals surface area contributed by atoms with E-state index in [0.29, 0.717) is 23.0 Å². The molecule has 0 radical (unpaired) electrons. The first-order valence-electron chi connectivity index (χ1n) is 10.7. The molecule has 0 aliphatic heterocycles. The van der Waals surface area contributed by atoms with Crippen LogP contribution in [0.3, 0.4) is 0 Å². The van der Waals surface area contributed by atoms with E-state index in [-0.39, 0.29) is 0 Å². The van der Waals surface area contributed by atoms with Crippen molar-refractivity contribution >= 4 is 34.6 Å². The van der Waals surface area contributed by atoms with Gasteiger partial charge >= 0.3 is 0 Å². The van der Waals surface area contributed by atoms with E-state index in [9.17, 15) is 0 Å². The van der Waals surface area contributed by atoms with Crippen LogP contribution in [0.15, 0.2) is 82.8 Å².